The van der Waals surface area contributed by atoms with E-state index >= 15 is 0 Å². The van der Waals surface area contributed by atoms with Gasteiger partial charge >= 0.3 is 0 Å². The number of nitrogens with one attached hydrogen (secondary N) is 1. The van der Waals surface area contributed by atoms with E-state index in [2.05, 4.69) is 9.71 Å². The van der Waals surface area contributed by atoms with Crippen LogP contribution in [0.15, 0.2) is 65.6 Å². The Bertz CT molecular complexity index is 1300. The van der Waals surface area contributed by atoms with E-state index in [0.29, 0.717) is 15.7 Å². The van der Waals surface area contributed by atoms with Crippen molar-refractivity contribution in [1.29, 1.82) is 0 Å². The molecule has 29 heavy (non-hydrogen) atoms. The number of anilines is 1. The molecule has 4 aromatic rings. The van der Waals surface area contributed by atoms with Gasteiger partial charge < -0.3 is 4.74 Å². The number of hydrogen-bond donors (Lipinski definition) is 1. The molecule has 1 aromatic heterocycles. The molecule has 0 amide bonds. The molecular weight excluding hydrogens is 451 g/mol. The normalized spacial score (nSPS) is 11.6. The molecule has 0 radical (unpaired) electrons. The number of fused-ring (bicyclic) bond motifs is 1. The van der Waals surface area contributed by atoms with Crippen molar-refractivity contribution in [2.24, 2.45) is 0 Å². The van der Waals surface area contributed by atoms with E-state index in [1.165, 1.54) is 35.6 Å². The summed E-state index contributed by atoms with van der Waals surface area (Å²) in [7, 11) is -2.13. The second-order valence-corrected chi connectivity index (χ2v) is 9.66. The molecule has 0 aliphatic carbocycles. The Morgan fingerprint density at radius 2 is 1.76 bits per heavy atom. The van der Waals surface area contributed by atoms with E-state index in [4.69, 9.17) is 27.9 Å². The Labute approximate surface area is 181 Å². The van der Waals surface area contributed by atoms with Gasteiger partial charge in [-0.05, 0) is 60.7 Å². The van der Waals surface area contributed by atoms with Crippen molar-refractivity contribution in [2.75, 3.05) is 11.8 Å². The molecule has 5 nitrogen and oxygen atoms in total. The van der Waals surface area contributed by atoms with E-state index in [1.54, 1.807) is 25.3 Å². The summed E-state index contributed by atoms with van der Waals surface area (Å²) in [5.74, 6) is 0.755. The minimum atomic E-state index is -3.75. The van der Waals surface area contributed by atoms with Gasteiger partial charge in [-0.2, -0.15) is 0 Å². The number of aromatic nitrogens is 1. The number of hydrogen-bond acceptors (Lipinski definition) is 5. The smallest absolute Gasteiger partial charge is 0.261 e. The average molecular weight is 465 g/mol. The zero-order valence-corrected chi connectivity index (χ0v) is 18.2. The molecule has 0 fully saturated rings. The SMILES string of the molecule is COc1ccc2nc(-c3ccc(NS(=O)(=O)c4ccc(Cl)cc4)cc3Cl)sc2c1. The predicted molar refractivity (Wildman–Crippen MR) is 119 cm³/mol. The number of methoxy groups -OCH3 is 1. The summed E-state index contributed by atoms with van der Waals surface area (Å²) in [5.41, 5.74) is 1.92. The summed E-state index contributed by atoms with van der Waals surface area (Å²) >= 11 is 13.7. The third-order valence-corrected chi connectivity index (χ3v) is 7.18. The average Bonchev–Trinajstić information content (AvgIpc) is 3.10. The van der Waals surface area contributed by atoms with Gasteiger partial charge in [0.05, 0.1) is 32.9 Å². The molecule has 0 unspecified atom stereocenters. The molecule has 9 heteroatoms. The van der Waals surface area contributed by atoms with Gasteiger partial charge in [0.1, 0.15) is 10.8 Å². The molecule has 0 saturated carbocycles. The number of sulfonamides is 1. The largest absolute Gasteiger partial charge is 0.497 e. The Morgan fingerprint density at radius 1 is 1.00 bits per heavy atom. The summed E-state index contributed by atoms with van der Waals surface area (Å²) < 4.78 is 33.8. The number of ether oxygens (including phenoxy) is 1. The van der Waals surface area contributed by atoms with E-state index in [1.807, 2.05) is 18.2 Å². The van der Waals surface area contributed by atoms with Crippen molar-refractivity contribution < 1.29 is 13.2 Å². The van der Waals surface area contributed by atoms with Crippen LogP contribution in [0, 0.1) is 0 Å². The Kier molecular flexibility index (Phi) is 5.40. The summed E-state index contributed by atoms with van der Waals surface area (Å²) in [6, 6.07) is 16.5. The van der Waals surface area contributed by atoms with E-state index in [0.717, 1.165) is 26.5 Å². The maximum Gasteiger partial charge on any atom is 0.261 e. The first-order chi connectivity index (χ1) is 13.9. The number of thiazole rings is 1. The van der Waals surface area contributed by atoms with E-state index < -0.39 is 10.0 Å². The number of halogens is 2. The van der Waals surface area contributed by atoms with Gasteiger partial charge in [-0.3, -0.25) is 4.72 Å². The molecule has 4 rings (SSSR count). The predicted octanol–water partition coefficient (Wildman–Crippen LogP) is 6.08. The summed E-state index contributed by atoms with van der Waals surface area (Å²) in [6.45, 7) is 0. The fourth-order valence-electron chi connectivity index (χ4n) is 2.73. The van der Waals surface area contributed by atoms with Crippen LogP contribution in [0.5, 0.6) is 5.75 Å². The molecule has 0 saturated heterocycles. The van der Waals surface area contributed by atoms with Crippen molar-refractivity contribution in [3.05, 3.63) is 70.7 Å². The highest BCUT2D eigenvalue weighted by Crippen LogP contribution is 2.37. The molecule has 0 spiro atoms. The lowest BCUT2D eigenvalue weighted by Gasteiger charge is -2.10. The first kappa shape index (κ1) is 20.0. The van der Waals surface area contributed by atoms with Crippen LogP contribution in [0.25, 0.3) is 20.8 Å². The van der Waals surface area contributed by atoms with Gasteiger partial charge in [0.15, 0.2) is 0 Å². The summed E-state index contributed by atoms with van der Waals surface area (Å²) in [4.78, 5) is 4.72. The van der Waals surface area contributed by atoms with Gasteiger partial charge in [0.2, 0.25) is 0 Å². The molecule has 0 aliphatic rings. The van der Waals surface area contributed by atoms with E-state index in [9.17, 15) is 8.42 Å². The lowest BCUT2D eigenvalue weighted by atomic mass is 10.2. The maximum atomic E-state index is 12.5. The fraction of sp³-hybridized carbons (Fsp3) is 0.0500. The van der Waals surface area contributed by atoms with Gasteiger partial charge in [-0.1, -0.05) is 23.2 Å². The first-order valence-corrected chi connectivity index (χ1v) is 11.4. The van der Waals surface area contributed by atoms with Crippen LogP contribution >= 0.6 is 34.5 Å². The highest BCUT2D eigenvalue weighted by atomic mass is 35.5. The van der Waals surface area contributed by atoms with Crippen molar-refractivity contribution >= 4 is 60.5 Å². The Hall–Kier alpha value is -2.32. The third kappa shape index (κ3) is 4.18. The standard InChI is InChI=1S/C20H14Cl2N2O3S2/c1-27-14-5-9-18-19(11-14)28-20(23-18)16-8-4-13(10-17(16)22)24-29(25,26)15-6-2-12(21)3-7-15/h2-11,24H,1H3. The molecule has 1 heterocycles. The van der Waals surface area contributed by atoms with Crippen LogP contribution in [-0.2, 0) is 10.0 Å². The first-order valence-electron chi connectivity index (χ1n) is 8.38. The van der Waals surface area contributed by atoms with Gasteiger partial charge in [-0.15, -0.1) is 11.3 Å². The van der Waals surface area contributed by atoms with Crippen LogP contribution in [0.4, 0.5) is 5.69 Å². The van der Waals surface area contributed by atoms with Crippen LogP contribution < -0.4 is 9.46 Å². The third-order valence-electron chi connectivity index (χ3n) is 4.17. The lowest BCUT2D eigenvalue weighted by molar-refractivity contribution is 0.415. The number of rotatable bonds is 5. The fourth-order valence-corrected chi connectivity index (χ4v) is 5.26. The summed E-state index contributed by atoms with van der Waals surface area (Å²) in [5, 5.41) is 1.60. The summed E-state index contributed by atoms with van der Waals surface area (Å²) in [6.07, 6.45) is 0. The highest BCUT2D eigenvalue weighted by molar-refractivity contribution is 7.92. The van der Waals surface area contributed by atoms with Crippen LogP contribution in [0.3, 0.4) is 0 Å². The Balaban J connectivity index is 1.63. The minimum absolute atomic E-state index is 0.113. The second-order valence-electron chi connectivity index (χ2n) is 6.11. The monoisotopic (exact) mass is 464 g/mol. The van der Waals surface area contributed by atoms with Gasteiger partial charge in [-0.25, -0.2) is 13.4 Å². The van der Waals surface area contributed by atoms with Gasteiger partial charge in [0.25, 0.3) is 10.0 Å². The molecule has 0 bridgehead atoms. The van der Waals surface area contributed by atoms with Crippen molar-refractivity contribution in [2.45, 2.75) is 4.90 Å². The minimum Gasteiger partial charge on any atom is -0.497 e. The second kappa shape index (κ2) is 7.84. The Morgan fingerprint density at radius 3 is 2.45 bits per heavy atom. The molecular formula is C20H14Cl2N2O3S2. The maximum absolute atomic E-state index is 12.5. The number of benzene rings is 3. The zero-order valence-electron chi connectivity index (χ0n) is 15.0. The van der Waals surface area contributed by atoms with Crippen LogP contribution in [0.2, 0.25) is 10.0 Å². The number of nitrogens with zero attached hydrogens (tertiary/aromatic N) is 1. The van der Waals surface area contributed by atoms with Crippen LogP contribution in [-0.4, -0.2) is 20.5 Å². The molecule has 3 aromatic carbocycles. The molecule has 0 aliphatic heterocycles. The highest BCUT2D eigenvalue weighted by Gasteiger charge is 2.16. The molecule has 0 atom stereocenters. The van der Waals surface area contributed by atoms with E-state index in [-0.39, 0.29) is 4.90 Å². The van der Waals surface area contributed by atoms with Crippen molar-refractivity contribution in [1.82, 2.24) is 4.98 Å². The zero-order chi connectivity index (χ0) is 20.6. The van der Waals surface area contributed by atoms with Crippen LogP contribution in [0.1, 0.15) is 0 Å². The molecule has 1 N–H and O–H groups in total. The molecule has 148 valence electrons. The lowest BCUT2D eigenvalue weighted by Crippen LogP contribution is -2.12. The van der Waals surface area contributed by atoms with Crippen molar-refractivity contribution in [3.8, 4) is 16.3 Å². The quantitative estimate of drug-likeness (QED) is 0.388. The topological polar surface area (TPSA) is 68.3 Å². The van der Waals surface area contributed by atoms with Crippen molar-refractivity contribution in [3.63, 3.8) is 0 Å². The van der Waals surface area contributed by atoms with Gasteiger partial charge in [0, 0.05) is 10.6 Å².